The first-order valence-electron chi connectivity index (χ1n) is 19.2. The summed E-state index contributed by atoms with van der Waals surface area (Å²) in [5.74, 6) is 3.80. The first-order valence-corrected chi connectivity index (χ1v) is 19.2. The van der Waals surface area contributed by atoms with Crippen LogP contribution >= 0.6 is 0 Å². The van der Waals surface area contributed by atoms with E-state index in [0.717, 1.165) is 22.3 Å². The Morgan fingerprint density at radius 2 is 1.15 bits per heavy atom. The van der Waals surface area contributed by atoms with Crippen molar-refractivity contribution in [1.82, 2.24) is 46.0 Å². The number of benzene rings is 2. The molecule has 59 heavy (non-hydrogen) atoms. The fourth-order valence-electron chi connectivity index (χ4n) is 6.87. The molecular formula is C43H47N9O7. The molecule has 306 valence electrons. The molecule has 0 amide bonds. The number of nitrogens with one attached hydrogen (secondary N) is 2. The molecule has 0 bridgehead atoms. The highest BCUT2D eigenvalue weighted by Gasteiger charge is 2.25. The standard InChI is InChI=1S/C43H47N9O7/c1-23-38(25(3)57-50-23)35-17-36(48-43(47-35)29-11-9-13-34(15-29)56-22-32(54)20-45-7)40-27(5)59-52-37(40)16-30-18-46-42(49-41(30)39-24(2)51-58-26(39)4)28-10-8-12-33(14-28)55-21-31(53)19-44-6/h8-15,17-18,31-32,44-45,53-54H,16,19-22H2,1-7H3. The summed E-state index contributed by atoms with van der Waals surface area (Å²) in [6, 6.07) is 16.7. The van der Waals surface area contributed by atoms with Gasteiger partial charge in [0.1, 0.15) is 54.2 Å². The summed E-state index contributed by atoms with van der Waals surface area (Å²) in [6.07, 6.45) is 0.717. The van der Waals surface area contributed by atoms with Crippen LogP contribution in [0, 0.1) is 34.6 Å². The highest BCUT2D eigenvalue weighted by atomic mass is 16.5. The third kappa shape index (κ3) is 9.21. The monoisotopic (exact) mass is 801 g/mol. The molecule has 2 atom stereocenters. The van der Waals surface area contributed by atoms with Crippen LogP contribution in [0.2, 0.25) is 0 Å². The van der Waals surface area contributed by atoms with Crippen molar-refractivity contribution in [3.63, 3.8) is 0 Å². The Morgan fingerprint density at radius 3 is 1.71 bits per heavy atom. The summed E-state index contributed by atoms with van der Waals surface area (Å²) < 4.78 is 28.8. The molecule has 4 N–H and O–H groups in total. The predicted molar refractivity (Wildman–Crippen MR) is 219 cm³/mol. The molecule has 0 fully saturated rings. The summed E-state index contributed by atoms with van der Waals surface area (Å²) in [4.78, 5) is 20.0. The van der Waals surface area contributed by atoms with Crippen LogP contribution in [0.1, 0.15) is 39.9 Å². The summed E-state index contributed by atoms with van der Waals surface area (Å²) in [5, 5.41) is 39.3. The van der Waals surface area contributed by atoms with Gasteiger partial charge in [-0.3, -0.25) is 0 Å². The second kappa shape index (κ2) is 18.1. The first-order chi connectivity index (χ1) is 28.5. The third-order valence-electron chi connectivity index (χ3n) is 9.65. The number of rotatable bonds is 17. The van der Waals surface area contributed by atoms with Gasteiger partial charge >= 0.3 is 0 Å². The minimum atomic E-state index is -0.677. The minimum absolute atomic E-state index is 0.113. The fraction of sp³-hybridized carbons (Fsp3) is 0.326. The fourth-order valence-corrected chi connectivity index (χ4v) is 6.87. The van der Waals surface area contributed by atoms with Crippen LogP contribution in [0.25, 0.3) is 56.5 Å². The molecule has 0 aliphatic heterocycles. The quantitative estimate of drug-likeness (QED) is 0.0880. The lowest BCUT2D eigenvalue weighted by atomic mass is 9.98. The zero-order chi connectivity index (χ0) is 41.6. The van der Waals surface area contributed by atoms with Gasteiger partial charge in [0, 0.05) is 42.4 Å². The molecule has 0 radical (unpaired) electrons. The number of aryl methyl sites for hydroxylation is 5. The summed E-state index contributed by atoms with van der Waals surface area (Å²) in [5.41, 5.74) is 8.13. The number of hydrogen-bond acceptors (Lipinski definition) is 16. The summed E-state index contributed by atoms with van der Waals surface area (Å²) in [6.45, 7) is 10.3. The average Bonchev–Trinajstić information content (AvgIpc) is 3.89. The lowest BCUT2D eigenvalue weighted by molar-refractivity contribution is 0.108. The largest absolute Gasteiger partial charge is 0.491 e. The van der Waals surface area contributed by atoms with E-state index in [1.165, 1.54) is 0 Å². The van der Waals surface area contributed by atoms with E-state index < -0.39 is 12.2 Å². The Balaban J connectivity index is 1.29. The third-order valence-corrected chi connectivity index (χ3v) is 9.65. The molecule has 2 aromatic carbocycles. The zero-order valence-corrected chi connectivity index (χ0v) is 34.0. The topological polar surface area (TPSA) is 213 Å². The maximum absolute atomic E-state index is 10.2. The lowest BCUT2D eigenvalue weighted by Crippen LogP contribution is -2.29. The average molecular weight is 802 g/mol. The Morgan fingerprint density at radius 1 is 0.627 bits per heavy atom. The van der Waals surface area contributed by atoms with E-state index in [1.54, 1.807) is 20.3 Å². The number of hydrogen-bond donors (Lipinski definition) is 4. The van der Waals surface area contributed by atoms with Crippen molar-refractivity contribution >= 4 is 0 Å². The van der Waals surface area contributed by atoms with Crippen LogP contribution in [-0.2, 0) is 6.42 Å². The van der Waals surface area contributed by atoms with Crippen molar-refractivity contribution in [2.75, 3.05) is 40.4 Å². The van der Waals surface area contributed by atoms with Crippen LogP contribution < -0.4 is 20.1 Å². The van der Waals surface area contributed by atoms with Crippen LogP contribution in [0.4, 0.5) is 0 Å². The number of aromatic nitrogens is 7. The minimum Gasteiger partial charge on any atom is -0.491 e. The van der Waals surface area contributed by atoms with Gasteiger partial charge in [0.05, 0.1) is 50.9 Å². The summed E-state index contributed by atoms with van der Waals surface area (Å²) >= 11 is 0. The highest BCUT2D eigenvalue weighted by Crippen LogP contribution is 2.37. The zero-order valence-electron chi connectivity index (χ0n) is 34.0. The van der Waals surface area contributed by atoms with Gasteiger partial charge in [0.15, 0.2) is 11.6 Å². The molecule has 0 aliphatic rings. The molecule has 0 saturated carbocycles. The van der Waals surface area contributed by atoms with E-state index in [-0.39, 0.29) is 19.6 Å². The van der Waals surface area contributed by atoms with E-state index in [0.29, 0.717) is 98.8 Å². The van der Waals surface area contributed by atoms with Gasteiger partial charge in [0.2, 0.25) is 0 Å². The molecule has 0 spiro atoms. The van der Waals surface area contributed by atoms with Gasteiger partial charge in [-0.1, -0.05) is 39.7 Å². The molecular weight excluding hydrogens is 755 g/mol. The number of aliphatic hydroxyl groups excluding tert-OH is 2. The second-order valence-electron chi connectivity index (χ2n) is 14.3. The van der Waals surface area contributed by atoms with Crippen LogP contribution in [0.5, 0.6) is 11.5 Å². The Hall–Kier alpha value is -6.33. The van der Waals surface area contributed by atoms with Crippen molar-refractivity contribution in [1.29, 1.82) is 0 Å². The van der Waals surface area contributed by atoms with Gasteiger partial charge in [-0.2, -0.15) is 0 Å². The van der Waals surface area contributed by atoms with E-state index in [4.69, 9.17) is 43.0 Å². The molecule has 16 nitrogen and oxygen atoms in total. The van der Waals surface area contributed by atoms with Crippen molar-refractivity contribution in [2.45, 2.75) is 53.2 Å². The van der Waals surface area contributed by atoms with Gasteiger partial charge in [0.25, 0.3) is 0 Å². The van der Waals surface area contributed by atoms with Crippen LogP contribution in [0.3, 0.4) is 0 Å². The molecule has 2 unspecified atom stereocenters. The van der Waals surface area contributed by atoms with Crippen molar-refractivity contribution in [3.05, 3.63) is 101 Å². The molecule has 0 saturated heterocycles. The van der Waals surface area contributed by atoms with Gasteiger partial charge in [-0.25, -0.2) is 19.9 Å². The maximum Gasteiger partial charge on any atom is 0.160 e. The molecule has 7 rings (SSSR count). The summed E-state index contributed by atoms with van der Waals surface area (Å²) in [7, 11) is 3.55. The van der Waals surface area contributed by atoms with Crippen molar-refractivity contribution in [2.24, 2.45) is 0 Å². The second-order valence-corrected chi connectivity index (χ2v) is 14.3. The van der Waals surface area contributed by atoms with Crippen molar-refractivity contribution < 1.29 is 33.3 Å². The number of aliphatic hydroxyl groups is 2. The Labute approximate surface area is 341 Å². The predicted octanol–water partition coefficient (Wildman–Crippen LogP) is 5.62. The van der Waals surface area contributed by atoms with E-state index in [1.807, 2.05) is 89.2 Å². The van der Waals surface area contributed by atoms with Gasteiger partial charge in [-0.15, -0.1) is 0 Å². The molecule has 5 aromatic heterocycles. The smallest absolute Gasteiger partial charge is 0.160 e. The van der Waals surface area contributed by atoms with Crippen LogP contribution in [0.15, 0.2) is 74.4 Å². The van der Waals surface area contributed by atoms with Crippen LogP contribution in [-0.4, -0.2) is 98.2 Å². The van der Waals surface area contributed by atoms with E-state index >= 15 is 0 Å². The van der Waals surface area contributed by atoms with Gasteiger partial charge in [-0.05, 0) is 79.0 Å². The van der Waals surface area contributed by atoms with Gasteiger partial charge < -0.3 is 43.9 Å². The number of likely N-dealkylation sites (N-methyl/N-ethyl adjacent to an activating group) is 2. The molecule has 5 heterocycles. The lowest BCUT2D eigenvalue weighted by Gasteiger charge is -2.14. The van der Waals surface area contributed by atoms with E-state index in [9.17, 15) is 10.2 Å². The molecule has 16 heteroatoms. The van der Waals surface area contributed by atoms with Crippen molar-refractivity contribution in [3.8, 4) is 68.0 Å². The normalized spacial score (nSPS) is 12.5. The maximum atomic E-state index is 10.2. The SMILES string of the molecule is CNCC(O)COc1cccc(-c2nc(-c3c(C)noc3C)cc(-c3c(Cc4cnc(-c5cccc(OCC(O)CNC)c5)nc4-c4c(C)noc4C)noc3C)n2)c1. The number of nitrogens with zero attached hydrogens (tertiary/aromatic N) is 7. The Bertz CT molecular complexity index is 2510. The Kier molecular flexibility index (Phi) is 12.5. The first kappa shape index (κ1) is 40.9. The highest BCUT2D eigenvalue weighted by molar-refractivity contribution is 5.76. The van der Waals surface area contributed by atoms with E-state index in [2.05, 4.69) is 26.1 Å². The molecule has 0 aliphatic carbocycles. The molecule has 7 aromatic rings. The number of ether oxygens (including phenoxy) is 2.